The first-order valence-electron chi connectivity index (χ1n) is 5.80. The second-order valence-corrected chi connectivity index (χ2v) is 5.94. The number of hydrogen-bond donors (Lipinski definition) is 2. The van der Waals surface area contributed by atoms with Crippen molar-refractivity contribution in [1.29, 1.82) is 0 Å². The second-order valence-electron chi connectivity index (χ2n) is 4.14. The molecule has 0 aliphatic rings. The molecule has 0 aliphatic heterocycles. The van der Waals surface area contributed by atoms with E-state index in [4.69, 9.17) is 0 Å². The maximum Gasteiger partial charge on any atom is 0.320 e. The number of aryl methyl sites for hydroxylation is 1. The van der Waals surface area contributed by atoms with Crippen LogP contribution in [0.25, 0.3) is 0 Å². The first-order valence-corrected chi connectivity index (χ1v) is 7.42. The van der Waals surface area contributed by atoms with Crippen LogP contribution >= 0.6 is 0 Å². The Labute approximate surface area is 110 Å². The Hall–Kier alpha value is -1.43. The number of pyridine rings is 1. The van der Waals surface area contributed by atoms with Crippen LogP contribution in [-0.4, -0.2) is 33.3 Å². The number of rotatable bonds is 5. The lowest BCUT2D eigenvalue weighted by molar-refractivity contribution is 0.252. The fourth-order valence-corrected chi connectivity index (χ4v) is 1.78. The zero-order valence-electron chi connectivity index (χ0n) is 10.9. The maximum absolute atomic E-state index is 11.5. The third-order valence-corrected chi connectivity index (χ3v) is 3.90. The molecule has 2 N–H and O–H groups in total. The van der Waals surface area contributed by atoms with E-state index in [2.05, 4.69) is 15.6 Å². The van der Waals surface area contributed by atoms with E-state index in [-0.39, 0.29) is 11.3 Å². The highest BCUT2D eigenvalue weighted by Crippen LogP contribution is 2.03. The summed E-state index contributed by atoms with van der Waals surface area (Å²) in [6.45, 7) is 4.26. The molecule has 5 nitrogen and oxygen atoms in total. The first-order chi connectivity index (χ1) is 8.49. The van der Waals surface area contributed by atoms with Crippen LogP contribution in [0.2, 0.25) is 0 Å². The van der Waals surface area contributed by atoms with Gasteiger partial charge in [-0.25, -0.2) is 9.78 Å². The molecule has 0 saturated carbocycles. The number of nitrogens with one attached hydrogen (secondary N) is 2. The SMILES string of the molecule is Cc1cccc(NC(=O)NCC[C@H](C)[S@](C)=O)n1. The minimum Gasteiger partial charge on any atom is -0.338 e. The van der Waals surface area contributed by atoms with E-state index in [0.29, 0.717) is 18.8 Å². The second kappa shape index (κ2) is 7.10. The predicted molar refractivity (Wildman–Crippen MR) is 74.1 cm³/mol. The summed E-state index contributed by atoms with van der Waals surface area (Å²) < 4.78 is 11.1. The highest BCUT2D eigenvalue weighted by molar-refractivity contribution is 7.84. The molecule has 0 unspecified atom stereocenters. The quantitative estimate of drug-likeness (QED) is 0.854. The number of aromatic nitrogens is 1. The summed E-state index contributed by atoms with van der Waals surface area (Å²) in [4.78, 5) is 15.7. The number of nitrogens with zero attached hydrogens (tertiary/aromatic N) is 1. The van der Waals surface area contributed by atoms with Crippen LogP contribution in [0, 0.1) is 6.92 Å². The molecule has 2 atom stereocenters. The van der Waals surface area contributed by atoms with Crippen molar-refractivity contribution < 1.29 is 9.00 Å². The smallest absolute Gasteiger partial charge is 0.320 e. The van der Waals surface area contributed by atoms with Crippen LogP contribution in [0.1, 0.15) is 19.0 Å². The summed E-state index contributed by atoms with van der Waals surface area (Å²) >= 11 is 0. The van der Waals surface area contributed by atoms with Gasteiger partial charge in [0.05, 0.1) is 0 Å². The van der Waals surface area contributed by atoms with E-state index in [1.165, 1.54) is 0 Å². The van der Waals surface area contributed by atoms with Crippen LogP contribution in [-0.2, 0) is 10.8 Å². The van der Waals surface area contributed by atoms with Gasteiger partial charge in [-0.3, -0.25) is 9.53 Å². The topological polar surface area (TPSA) is 71.1 Å². The van der Waals surface area contributed by atoms with Gasteiger partial charge < -0.3 is 5.32 Å². The van der Waals surface area contributed by atoms with Gasteiger partial charge in [0.1, 0.15) is 5.82 Å². The molecule has 6 heteroatoms. The van der Waals surface area contributed by atoms with Gasteiger partial charge in [0.2, 0.25) is 0 Å². The van der Waals surface area contributed by atoms with Gasteiger partial charge >= 0.3 is 6.03 Å². The van der Waals surface area contributed by atoms with Crippen LogP contribution < -0.4 is 10.6 Å². The van der Waals surface area contributed by atoms with Crippen molar-refractivity contribution >= 4 is 22.6 Å². The van der Waals surface area contributed by atoms with Crippen molar-refractivity contribution in [2.24, 2.45) is 0 Å². The third-order valence-electron chi connectivity index (χ3n) is 2.53. The number of urea groups is 1. The summed E-state index contributed by atoms with van der Waals surface area (Å²) in [6.07, 6.45) is 2.36. The molecule has 1 rings (SSSR count). The minimum absolute atomic E-state index is 0.0856. The van der Waals surface area contributed by atoms with Crippen molar-refractivity contribution in [1.82, 2.24) is 10.3 Å². The van der Waals surface area contributed by atoms with Gasteiger partial charge in [-0.2, -0.15) is 0 Å². The van der Waals surface area contributed by atoms with Crippen molar-refractivity contribution in [2.75, 3.05) is 18.1 Å². The molecule has 0 spiro atoms. The summed E-state index contributed by atoms with van der Waals surface area (Å²) in [5.74, 6) is 0.527. The van der Waals surface area contributed by atoms with Gasteiger partial charge in [0.15, 0.2) is 0 Å². The molecule has 0 saturated heterocycles. The Kier molecular flexibility index (Phi) is 5.77. The Morgan fingerprint density at radius 2 is 2.22 bits per heavy atom. The van der Waals surface area contributed by atoms with E-state index in [1.807, 2.05) is 26.0 Å². The highest BCUT2D eigenvalue weighted by Gasteiger charge is 2.07. The Morgan fingerprint density at radius 1 is 1.50 bits per heavy atom. The number of hydrogen-bond acceptors (Lipinski definition) is 3. The molecule has 18 heavy (non-hydrogen) atoms. The molecule has 1 aromatic heterocycles. The van der Waals surface area contributed by atoms with E-state index in [1.54, 1.807) is 12.3 Å². The van der Waals surface area contributed by atoms with Crippen LogP contribution in [0.3, 0.4) is 0 Å². The molecule has 2 amide bonds. The zero-order valence-corrected chi connectivity index (χ0v) is 11.7. The Balaban J connectivity index is 2.32. The molecule has 0 aliphatic carbocycles. The number of anilines is 1. The average Bonchev–Trinajstić information content (AvgIpc) is 2.28. The lowest BCUT2D eigenvalue weighted by Crippen LogP contribution is -2.31. The molecule has 0 aromatic carbocycles. The summed E-state index contributed by atoms with van der Waals surface area (Å²) in [5.41, 5.74) is 0.850. The van der Waals surface area contributed by atoms with Gasteiger partial charge in [-0.1, -0.05) is 13.0 Å². The average molecular weight is 269 g/mol. The number of carbonyl (C=O) groups excluding carboxylic acids is 1. The predicted octanol–water partition coefficient (Wildman–Crippen LogP) is 1.67. The van der Waals surface area contributed by atoms with E-state index < -0.39 is 10.8 Å². The zero-order chi connectivity index (χ0) is 13.5. The monoisotopic (exact) mass is 269 g/mol. The third kappa shape index (κ3) is 5.27. The Bertz CT molecular complexity index is 437. The molecule has 1 aromatic rings. The van der Waals surface area contributed by atoms with Crippen LogP contribution in [0.4, 0.5) is 10.6 Å². The summed E-state index contributed by atoms with van der Waals surface area (Å²) in [6, 6.07) is 5.14. The van der Waals surface area contributed by atoms with Crippen molar-refractivity contribution in [2.45, 2.75) is 25.5 Å². The van der Waals surface area contributed by atoms with E-state index >= 15 is 0 Å². The van der Waals surface area contributed by atoms with Gasteiger partial charge in [-0.05, 0) is 25.5 Å². The maximum atomic E-state index is 11.5. The largest absolute Gasteiger partial charge is 0.338 e. The molecule has 1 heterocycles. The fraction of sp³-hybridized carbons (Fsp3) is 0.500. The number of amides is 2. The molecule has 100 valence electrons. The summed E-state index contributed by atoms with van der Waals surface area (Å²) in [7, 11) is -0.850. The van der Waals surface area contributed by atoms with E-state index in [0.717, 1.165) is 5.69 Å². The van der Waals surface area contributed by atoms with Gasteiger partial charge in [0.25, 0.3) is 0 Å². The lowest BCUT2D eigenvalue weighted by Gasteiger charge is -2.10. The molecular weight excluding hydrogens is 250 g/mol. The van der Waals surface area contributed by atoms with Gasteiger partial charge in [0, 0.05) is 34.5 Å². The molecule has 0 fully saturated rings. The minimum atomic E-state index is -0.850. The van der Waals surface area contributed by atoms with Crippen molar-refractivity contribution in [3.8, 4) is 0 Å². The molecule has 0 bridgehead atoms. The molecular formula is C12H19N3O2S. The highest BCUT2D eigenvalue weighted by atomic mass is 32.2. The van der Waals surface area contributed by atoms with Crippen molar-refractivity contribution in [3.63, 3.8) is 0 Å². The fourth-order valence-electron chi connectivity index (χ4n) is 1.33. The van der Waals surface area contributed by atoms with E-state index in [9.17, 15) is 9.00 Å². The summed E-state index contributed by atoms with van der Waals surface area (Å²) in [5, 5.41) is 5.45. The lowest BCUT2D eigenvalue weighted by atomic mass is 10.3. The van der Waals surface area contributed by atoms with Gasteiger partial charge in [-0.15, -0.1) is 0 Å². The molecule has 0 radical (unpaired) electrons. The van der Waals surface area contributed by atoms with Crippen LogP contribution in [0.15, 0.2) is 18.2 Å². The number of carbonyl (C=O) groups is 1. The normalized spacial score (nSPS) is 13.7. The Morgan fingerprint density at radius 3 is 2.83 bits per heavy atom. The standard InChI is InChI=1S/C12H19N3O2S/c1-9-5-4-6-11(14-9)15-12(16)13-8-7-10(2)18(3)17/h4-6,10H,7-8H2,1-3H3,(H2,13,14,15,16)/t10-,18-/m0/s1. The first kappa shape index (κ1) is 14.6. The van der Waals surface area contributed by atoms with Crippen molar-refractivity contribution in [3.05, 3.63) is 23.9 Å². The van der Waals surface area contributed by atoms with Crippen LogP contribution in [0.5, 0.6) is 0 Å².